The molecule has 43 heavy (non-hydrogen) atoms. The molecule has 0 fully saturated rings. The summed E-state index contributed by atoms with van der Waals surface area (Å²) >= 11 is 0. The minimum Gasteiger partial charge on any atom is -0.507 e. The number of carbonyl (C=O) groups excluding carboxylic acids is 1. The summed E-state index contributed by atoms with van der Waals surface area (Å²) in [4.78, 5) is 13.8. The van der Waals surface area contributed by atoms with Crippen LogP contribution in [0.2, 0.25) is 0 Å². The van der Waals surface area contributed by atoms with Gasteiger partial charge in [-0.3, -0.25) is 0 Å². The van der Waals surface area contributed by atoms with Crippen LogP contribution in [-0.4, -0.2) is 39.5 Å². The lowest BCUT2D eigenvalue weighted by atomic mass is 9.99. The standard InChI is InChI=1S/C34H26O9/c1-37-23-12-10-19(11-13-23)25-18-24-30-26(41-25)16-22(35)17-27(30)42-31(20-8-6-5-7-9-20)32(24)43-34(36)21-14-28(38-2)33(40-4)29(15-21)39-3/h5-18H,1-4H3/p+1. The quantitative estimate of drug-likeness (QED) is 0.151. The SMILES string of the molecule is COc1ccc(C2=Cc3c(OC(=O)c4cc(OC)c(OC)c(OC)c4)c(-c4ccccc4)[o+]c4cc(O)cc(c34)O2)cc1. The van der Waals surface area contributed by atoms with E-state index in [9.17, 15) is 9.90 Å². The van der Waals surface area contributed by atoms with Gasteiger partial charge in [0.15, 0.2) is 11.5 Å². The summed E-state index contributed by atoms with van der Waals surface area (Å²) in [6.45, 7) is 0. The summed E-state index contributed by atoms with van der Waals surface area (Å²) < 4.78 is 40.3. The van der Waals surface area contributed by atoms with E-state index in [4.69, 9.17) is 32.8 Å². The topological polar surface area (TPSA) is 104 Å². The predicted octanol–water partition coefficient (Wildman–Crippen LogP) is 7.23. The summed E-state index contributed by atoms with van der Waals surface area (Å²) in [5.74, 6) is 2.16. The second-order valence-corrected chi connectivity index (χ2v) is 9.50. The first-order chi connectivity index (χ1) is 20.9. The third kappa shape index (κ3) is 5.01. The Balaban J connectivity index is 1.57. The van der Waals surface area contributed by atoms with Crippen molar-refractivity contribution in [1.29, 1.82) is 0 Å². The van der Waals surface area contributed by atoms with Crippen LogP contribution < -0.4 is 28.4 Å². The minimum absolute atomic E-state index is 0.0469. The van der Waals surface area contributed by atoms with Crippen molar-refractivity contribution in [1.82, 2.24) is 0 Å². The minimum atomic E-state index is -0.687. The van der Waals surface area contributed by atoms with E-state index in [0.717, 1.165) is 5.56 Å². The Kier molecular flexibility index (Phi) is 7.21. The molecule has 0 atom stereocenters. The van der Waals surface area contributed by atoms with E-state index < -0.39 is 5.97 Å². The number of esters is 1. The lowest BCUT2D eigenvalue weighted by Gasteiger charge is -2.19. The van der Waals surface area contributed by atoms with Gasteiger partial charge in [0.2, 0.25) is 11.5 Å². The first-order valence-corrected chi connectivity index (χ1v) is 13.2. The number of ether oxygens (including phenoxy) is 6. The number of rotatable bonds is 8. The highest BCUT2D eigenvalue weighted by Gasteiger charge is 2.35. The molecule has 1 aliphatic heterocycles. The molecule has 1 N–H and O–H groups in total. The molecule has 0 bridgehead atoms. The van der Waals surface area contributed by atoms with Crippen LogP contribution in [0.3, 0.4) is 0 Å². The van der Waals surface area contributed by atoms with Crippen molar-refractivity contribution in [2.75, 3.05) is 28.4 Å². The molecule has 0 aliphatic carbocycles. The Hall–Kier alpha value is -5.70. The van der Waals surface area contributed by atoms with E-state index in [2.05, 4.69) is 0 Å². The Morgan fingerprint density at radius 3 is 2.09 bits per heavy atom. The van der Waals surface area contributed by atoms with Gasteiger partial charge in [-0.1, -0.05) is 18.2 Å². The van der Waals surface area contributed by atoms with Crippen LogP contribution in [-0.2, 0) is 0 Å². The fourth-order valence-electron chi connectivity index (χ4n) is 4.94. The number of phenolic OH excluding ortho intramolecular Hbond substituents is 1. The number of hydrogen-bond acceptors (Lipinski definition) is 8. The van der Waals surface area contributed by atoms with Crippen LogP contribution >= 0.6 is 0 Å². The normalized spacial score (nSPS) is 11.8. The molecule has 0 amide bonds. The predicted molar refractivity (Wildman–Crippen MR) is 160 cm³/mol. The van der Waals surface area contributed by atoms with Gasteiger partial charge in [0.1, 0.15) is 28.4 Å². The van der Waals surface area contributed by atoms with E-state index in [-0.39, 0.29) is 22.8 Å². The molecule has 9 nitrogen and oxygen atoms in total. The molecule has 0 unspecified atom stereocenters. The van der Waals surface area contributed by atoms with Gasteiger partial charge >= 0.3 is 17.3 Å². The summed E-state index contributed by atoms with van der Waals surface area (Å²) in [7, 11) is 6.01. The van der Waals surface area contributed by atoms with Crippen molar-refractivity contribution >= 4 is 28.8 Å². The maximum Gasteiger partial charge on any atom is 0.403 e. The van der Waals surface area contributed by atoms with E-state index in [1.54, 1.807) is 13.2 Å². The monoisotopic (exact) mass is 579 g/mol. The molecule has 1 aromatic heterocycles. The molecule has 2 heterocycles. The average Bonchev–Trinajstić information content (AvgIpc) is 3.04. The van der Waals surface area contributed by atoms with Crippen LogP contribution in [0.25, 0.3) is 34.1 Å². The fraction of sp³-hybridized carbons (Fsp3) is 0.118. The third-order valence-corrected chi connectivity index (χ3v) is 6.98. The van der Waals surface area contributed by atoms with Gasteiger partial charge in [0, 0.05) is 11.6 Å². The molecular formula is C34H27O9+. The zero-order chi connectivity index (χ0) is 30.1. The van der Waals surface area contributed by atoms with Gasteiger partial charge in [-0.2, -0.15) is 0 Å². The largest absolute Gasteiger partial charge is 0.507 e. The number of aromatic hydroxyl groups is 1. The maximum atomic E-state index is 13.8. The smallest absolute Gasteiger partial charge is 0.403 e. The summed E-state index contributed by atoms with van der Waals surface area (Å²) in [6, 6.07) is 22.6. The number of hydrogen-bond donors (Lipinski definition) is 1. The zero-order valence-electron chi connectivity index (χ0n) is 23.8. The first-order valence-electron chi connectivity index (χ1n) is 13.2. The van der Waals surface area contributed by atoms with Crippen molar-refractivity contribution in [3.8, 4) is 51.6 Å². The average molecular weight is 580 g/mol. The molecular weight excluding hydrogens is 552 g/mol. The second-order valence-electron chi connectivity index (χ2n) is 9.50. The lowest BCUT2D eigenvalue weighted by molar-refractivity contribution is 0.0731. The van der Waals surface area contributed by atoms with E-state index in [0.29, 0.717) is 56.6 Å². The van der Waals surface area contributed by atoms with Gasteiger partial charge in [0.05, 0.1) is 51.2 Å². The van der Waals surface area contributed by atoms with Crippen molar-refractivity contribution in [3.63, 3.8) is 0 Å². The molecule has 0 spiro atoms. The molecule has 0 saturated heterocycles. The highest BCUT2D eigenvalue weighted by molar-refractivity contribution is 6.05. The maximum absolute atomic E-state index is 13.8. The third-order valence-electron chi connectivity index (χ3n) is 6.98. The Morgan fingerprint density at radius 2 is 1.47 bits per heavy atom. The number of methoxy groups -OCH3 is 4. The van der Waals surface area contributed by atoms with Crippen LogP contribution in [0.1, 0.15) is 21.5 Å². The van der Waals surface area contributed by atoms with E-state index in [1.807, 2.05) is 54.6 Å². The zero-order valence-corrected chi connectivity index (χ0v) is 23.8. The Morgan fingerprint density at radius 1 is 0.767 bits per heavy atom. The molecule has 6 rings (SSSR count). The van der Waals surface area contributed by atoms with Gasteiger partial charge in [-0.25, -0.2) is 9.21 Å². The van der Waals surface area contributed by atoms with E-state index in [1.165, 1.54) is 45.6 Å². The van der Waals surface area contributed by atoms with Gasteiger partial charge in [0.25, 0.3) is 0 Å². The van der Waals surface area contributed by atoms with Crippen molar-refractivity contribution in [3.05, 3.63) is 95.6 Å². The van der Waals surface area contributed by atoms with E-state index >= 15 is 0 Å². The molecule has 0 radical (unpaired) electrons. The number of phenols is 1. The van der Waals surface area contributed by atoms with Crippen molar-refractivity contribution in [2.24, 2.45) is 0 Å². The van der Waals surface area contributed by atoms with Gasteiger partial charge in [-0.05, 0) is 54.6 Å². The number of carbonyl (C=O) groups is 1. The van der Waals surface area contributed by atoms with Crippen LogP contribution in [0, 0.1) is 0 Å². The second kappa shape index (κ2) is 11.3. The molecule has 4 aromatic carbocycles. The number of benzene rings is 4. The molecule has 5 aromatic rings. The fourth-order valence-corrected chi connectivity index (χ4v) is 4.94. The Labute approximate surface area is 247 Å². The molecule has 9 heteroatoms. The first kappa shape index (κ1) is 27.5. The van der Waals surface area contributed by atoms with Gasteiger partial charge < -0.3 is 33.5 Å². The summed E-state index contributed by atoms with van der Waals surface area (Å²) in [5, 5.41) is 11.1. The van der Waals surface area contributed by atoms with Crippen molar-refractivity contribution < 1.29 is 42.7 Å². The summed E-state index contributed by atoms with van der Waals surface area (Å²) in [5.41, 5.74) is 2.45. The Bertz CT molecular complexity index is 1850. The highest BCUT2D eigenvalue weighted by Crippen LogP contribution is 2.48. The lowest BCUT2D eigenvalue weighted by Crippen LogP contribution is -2.12. The summed E-state index contributed by atoms with van der Waals surface area (Å²) in [6.07, 6.45) is 1.79. The van der Waals surface area contributed by atoms with Crippen molar-refractivity contribution in [2.45, 2.75) is 0 Å². The molecule has 216 valence electrons. The molecule has 0 saturated carbocycles. The molecule has 1 aliphatic rings. The van der Waals surface area contributed by atoms with Crippen LogP contribution in [0.4, 0.5) is 0 Å². The van der Waals surface area contributed by atoms with Gasteiger partial charge in [-0.15, -0.1) is 0 Å². The van der Waals surface area contributed by atoms with Crippen LogP contribution in [0.15, 0.2) is 83.3 Å². The van der Waals surface area contributed by atoms with Crippen LogP contribution in [0.5, 0.6) is 40.2 Å². The highest BCUT2D eigenvalue weighted by atomic mass is 16.5.